The molecule has 0 aliphatic heterocycles. The minimum atomic E-state index is -5.14. The molecule has 130 valence electrons. The van der Waals surface area contributed by atoms with Crippen LogP contribution in [0.25, 0.3) is 0 Å². The normalized spacial score (nSPS) is 14.3. The molecule has 1 atom stereocenters. The van der Waals surface area contributed by atoms with Gasteiger partial charge in [0.2, 0.25) is 11.5 Å². The molecule has 0 aliphatic carbocycles. The molecule has 0 radical (unpaired) electrons. The van der Waals surface area contributed by atoms with Gasteiger partial charge in [-0.2, -0.15) is 13.2 Å². The lowest BCUT2D eigenvalue weighted by Crippen LogP contribution is -2.46. The third-order valence-electron chi connectivity index (χ3n) is 3.47. The van der Waals surface area contributed by atoms with E-state index in [0.29, 0.717) is 5.56 Å². The van der Waals surface area contributed by atoms with E-state index in [4.69, 9.17) is 0 Å². The number of anilines is 1. The summed E-state index contributed by atoms with van der Waals surface area (Å²) < 4.78 is 54.6. The molecule has 5 nitrogen and oxygen atoms in total. The highest BCUT2D eigenvalue weighted by Crippen LogP contribution is 2.40. The molecule has 0 fully saturated rings. The molecule has 0 saturated carbocycles. The van der Waals surface area contributed by atoms with E-state index in [9.17, 15) is 27.5 Å². The van der Waals surface area contributed by atoms with Gasteiger partial charge in [0, 0.05) is 19.4 Å². The molecule has 0 aliphatic rings. The first-order valence-corrected chi connectivity index (χ1v) is 6.87. The van der Waals surface area contributed by atoms with E-state index in [1.165, 1.54) is 25.4 Å². The van der Waals surface area contributed by atoms with E-state index in [2.05, 4.69) is 4.98 Å². The van der Waals surface area contributed by atoms with Crippen LogP contribution in [0.15, 0.2) is 30.6 Å². The van der Waals surface area contributed by atoms with Gasteiger partial charge in [-0.25, -0.2) is 9.37 Å². The maximum Gasteiger partial charge on any atom is 0.425 e. The number of halogens is 4. The molecule has 2 aromatic rings. The molecule has 9 heteroatoms. The van der Waals surface area contributed by atoms with Gasteiger partial charge in [0.25, 0.3) is 0 Å². The molecule has 1 amide bonds. The summed E-state index contributed by atoms with van der Waals surface area (Å²) in [5.41, 5.74) is -3.14. The van der Waals surface area contributed by atoms with Crippen LogP contribution >= 0.6 is 0 Å². The maximum absolute atomic E-state index is 13.6. The number of rotatable bonds is 4. The predicted molar refractivity (Wildman–Crippen MR) is 77.5 cm³/mol. The van der Waals surface area contributed by atoms with Crippen LogP contribution in [-0.4, -0.2) is 26.7 Å². The number of alkyl halides is 3. The highest BCUT2D eigenvalue weighted by Gasteiger charge is 2.58. The van der Waals surface area contributed by atoms with Crippen molar-refractivity contribution in [2.24, 2.45) is 7.05 Å². The smallest absolute Gasteiger partial charge is 0.374 e. The van der Waals surface area contributed by atoms with Gasteiger partial charge in [0.15, 0.2) is 5.82 Å². The average molecular weight is 345 g/mol. The SMILES string of the molecule is Cc1ccc(F)c(NC(=O)CC(O)(c2nccn2C)C(F)(F)F)c1. The number of benzene rings is 1. The highest BCUT2D eigenvalue weighted by atomic mass is 19.4. The van der Waals surface area contributed by atoms with E-state index < -0.39 is 35.7 Å². The number of aliphatic hydroxyl groups is 1. The van der Waals surface area contributed by atoms with Crippen LogP contribution in [0.5, 0.6) is 0 Å². The van der Waals surface area contributed by atoms with E-state index in [-0.39, 0.29) is 5.69 Å². The second-order valence-electron chi connectivity index (χ2n) is 5.43. The number of hydrogen-bond donors (Lipinski definition) is 2. The van der Waals surface area contributed by atoms with Gasteiger partial charge in [0.05, 0.1) is 12.1 Å². The van der Waals surface area contributed by atoms with Crippen LogP contribution in [-0.2, 0) is 17.4 Å². The number of carbonyl (C=O) groups excluding carboxylic acids is 1. The van der Waals surface area contributed by atoms with Gasteiger partial charge in [-0.3, -0.25) is 4.79 Å². The van der Waals surface area contributed by atoms with Crippen molar-refractivity contribution in [1.29, 1.82) is 0 Å². The van der Waals surface area contributed by atoms with E-state index in [1.807, 2.05) is 5.32 Å². The van der Waals surface area contributed by atoms with Crippen LogP contribution in [0.4, 0.5) is 23.2 Å². The fraction of sp³-hybridized carbons (Fsp3) is 0.333. The lowest BCUT2D eigenvalue weighted by atomic mass is 9.97. The molecular formula is C15H15F4N3O2. The van der Waals surface area contributed by atoms with E-state index in [1.54, 1.807) is 6.92 Å². The van der Waals surface area contributed by atoms with Crippen LogP contribution in [0.2, 0.25) is 0 Å². The van der Waals surface area contributed by atoms with Crippen LogP contribution in [0.1, 0.15) is 17.8 Å². The van der Waals surface area contributed by atoms with Crippen molar-refractivity contribution >= 4 is 11.6 Å². The van der Waals surface area contributed by atoms with Gasteiger partial charge in [-0.15, -0.1) is 0 Å². The predicted octanol–water partition coefficient (Wildman–Crippen LogP) is 2.65. The monoisotopic (exact) mass is 345 g/mol. The Morgan fingerprint density at radius 2 is 2.04 bits per heavy atom. The Balaban J connectivity index is 2.29. The second kappa shape index (κ2) is 6.23. The van der Waals surface area contributed by atoms with Gasteiger partial charge >= 0.3 is 6.18 Å². The number of aromatic nitrogens is 2. The number of nitrogens with zero attached hydrogens (tertiary/aromatic N) is 2. The van der Waals surface area contributed by atoms with Gasteiger partial charge < -0.3 is 15.0 Å². The van der Waals surface area contributed by atoms with Gasteiger partial charge in [-0.1, -0.05) is 6.07 Å². The molecular weight excluding hydrogens is 330 g/mol. The molecule has 2 rings (SSSR count). The Morgan fingerprint density at radius 3 is 2.58 bits per heavy atom. The van der Waals surface area contributed by atoms with Gasteiger partial charge in [-0.05, 0) is 24.6 Å². The Hall–Kier alpha value is -2.42. The summed E-state index contributed by atoms with van der Waals surface area (Å²) in [4.78, 5) is 15.5. The average Bonchev–Trinajstić information content (AvgIpc) is 2.88. The topological polar surface area (TPSA) is 67.2 Å². The molecule has 0 spiro atoms. The Kier molecular flexibility index (Phi) is 4.66. The minimum absolute atomic E-state index is 0.260. The zero-order valence-corrected chi connectivity index (χ0v) is 12.9. The number of carbonyl (C=O) groups is 1. The summed E-state index contributed by atoms with van der Waals surface area (Å²) in [6.45, 7) is 1.63. The molecule has 1 heterocycles. The molecule has 1 unspecified atom stereocenters. The van der Waals surface area contributed by atoms with Crippen molar-refractivity contribution in [3.63, 3.8) is 0 Å². The highest BCUT2D eigenvalue weighted by molar-refractivity contribution is 5.91. The second-order valence-corrected chi connectivity index (χ2v) is 5.43. The quantitative estimate of drug-likeness (QED) is 0.837. The molecule has 1 aromatic heterocycles. The van der Waals surface area contributed by atoms with Crippen molar-refractivity contribution in [2.75, 3.05) is 5.32 Å². The first-order valence-electron chi connectivity index (χ1n) is 6.87. The third kappa shape index (κ3) is 3.40. The summed E-state index contributed by atoms with van der Waals surface area (Å²) in [5, 5.41) is 12.1. The number of imidazole rings is 1. The summed E-state index contributed by atoms with van der Waals surface area (Å²) in [7, 11) is 1.26. The first-order chi connectivity index (χ1) is 11.0. The zero-order valence-electron chi connectivity index (χ0n) is 12.9. The maximum atomic E-state index is 13.6. The first kappa shape index (κ1) is 17.9. The van der Waals surface area contributed by atoms with Crippen molar-refractivity contribution in [1.82, 2.24) is 9.55 Å². The Morgan fingerprint density at radius 1 is 1.38 bits per heavy atom. The van der Waals surface area contributed by atoms with Crippen LogP contribution < -0.4 is 5.32 Å². The molecule has 1 aromatic carbocycles. The number of amides is 1. The van der Waals surface area contributed by atoms with Crippen molar-refractivity contribution < 1.29 is 27.5 Å². The minimum Gasteiger partial charge on any atom is -0.374 e. The van der Waals surface area contributed by atoms with Gasteiger partial charge in [0.1, 0.15) is 5.82 Å². The van der Waals surface area contributed by atoms with Crippen molar-refractivity contribution in [3.05, 3.63) is 47.8 Å². The van der Waals surface area contributed by atoms with Crippen LogP contribution in [0.3, 0.4) is 0 Å². The van der Waals surface area contributed by atoms with Crippen LogP contribution in [0, 0.1) is 12.7 Å². The molecule has 2 N–H and O–H groups in total. The summed E-state index contributed by atoms with van der Waals surface area (Å²) >= 11 is 0. The largest absolute Gasteiger partial charge is 0.425 e. The molecule has 0 bridgehead atoms. The number of aryl methyl sites for hydroxylation is 2. The summed E-state index contributed by atoms with van der Waals surface area (Å²) in [5.74, 6) is -2.71. The Bertz CT molecular complexity index is 757. The fourth-order valence-electron chi connectivity index (χ4n) is 2.23. The van der Waals surface area contributed by atoms with E-state index >= 15 is 0 Å². The van der Waals surface area contributed by atoms with E-state index in [0.717, 1.165) is 16.8 Å². The number of nitrogens with one attached hydrogen (secondary N) is 1. The molecule has 24 heavy (non-hydrogen) atoms. The fourth-order valence-corrected chi connectivity index (χ4v) is 2.23. The number of hydrogen-bond acceptors (Lipinski definition) is 3. The standard InChI is InChI=1S/C15H15F4N3O2/c1-9-3-4-10(16)11(7-9)21-12(23)8-14(24,15(17,18)19)13-20-5-6-22(13)2/h3-7,24H,8H2,1-2H3,(H,21,23). The summed E-state index contributed by atoms with van der Waals surface area (Å²) in [6, 6.07) is 3.81. The lowest BCUT2D eigenvalue weighted by molar-refractivity contribution is -0.270. The Labute approximate surface area is 134 Å². The summed E-state index contributed by atoms with van der Waals surface area (Å²) in [6.07, 6.45) is -4.21. The van der Waals surface area contributed by atoms with Crippen molar-refractivity contribution in [3.8, 4) is 0 Å². The molecule has 0 saturated heterocycles. The zero-order chi connectivity index (χ0) is 18.1. The third-order valence-corrected chi connectivity index (χ3v) is 3.47. The van der Waals surface area contributed by atoms with Crippen molar-refractivity contribution in [2.45, 2.75) is 25.1 Å². The lowest BCUT2D eigenvalue weighted by Gasteiger charge is -2.29.